The minimum atomic E-state index is -1.32. The van der Waals surface area contributed by atoms with Gasteiger partial charge in [0, 0.05) is 4.48 Å². The molecular formula is C19H27BrO3Si. The van der Waals surface area contributed by atoms with Gasteiger partial charge in [-0.25, -0.2) is 0 Å². The van der Waals surface area contributed by atoms with Gasteiger partial charge in [0.1, 0.15) is 26.9 Å². The summed E-state index contributed by atoms with van der Waals surface area (Å²) in [6, 6.07) is 0. The lowest BCUT2D eigenvalue weighted by atomic mass is 9.86. The molecule has 1 spiro atoms. The number of allylic oxidation sites excluding steroid dienone is 1. The van der Waals surface area contributed by atoms with Crippen molar-refractivity contribution in [3.05, 3.63) is 10.6 Å². The summed E-state index contributed by atoms with van der Waals surface area (Å²) in [6.07, 6.45) is 4.94. The van der Waals surface area contributed by atoms with E-state index in [1.165, 1.54) is 0 Å². The Morgan fingerprint density at radius 1 is 1.29 bits per heavy atom. The van der Waals surface area contributed by atoms with E-state index in [4.69, 9.17) is 14.2 Å². The molecule has 2 atom stereocenters. The van der Waals surface area contributed by atoms with Crippen molar-refractivity contribution in [2.24, 2.45) is 0 Å². The lowest BCUT2D eigenvalue weighted by Gasteiger charge is -2.33. The molecule has 2 rings (SSSR count). The first kappa shape index (κ1) is 19.8. The highest BCUT2D eigenvalue weighted by atomic mass is 79.9. The van der Waals surface area contributed by atoms with E-state index in [1.807, 2.05) is 13.8 Å². The number of halogens is 1. The van der Waals surface area contributed by atoms with Crippen LogP contribution in [0, 0.1) is 23.3 Å². The molecule has 5 heteroatoms. The van der Waals surface area contributed by atoms with E-state index >= 15 is 0 Å². The first-order valence-corrected chi connectivity index (χ1v) is 12.7. The van der Waals surface area contributed by atoms with Crippen LogP contribution >= 0.6 is 15.9 Å². The smallest absolute Gasteiger partial charge is 0.166 e. The Kier molecular flexibility index (Phi) is 6.39. The summed E-state index contributed by atoms with van der Waals surface area (Å²) in [5.41, 5.74) is 2.79. The predicted octanol–water partition coefficient (Wildman–Crippen LogP) is 4.24. The minimum absolute atomic E-state index is 0.282. The molecular weight excluding hydrogens is 384 g/mol. The molecule has 1 heterocycles. The van der Waals surface area contributed by atoms with E-state index in [-0.39, 0.29) is 6.10 Å². The normalized spacial score (nSPS) is 28.6. The Hall–Kier alpha value is -0.563. The van der Waals surface area contributed by atoms with Gasteiger partial charge in [-0.3, -0.25) is 0 Å². The predicted molar refractivity (Wildman–Crippen MR) is 103 cm³/mol. The molecule has 0 unspecified atom stereocenters. The van der Waals surface area contributed by atoms with E-state index in [9.17, 15) is 0 Å². The van der Waals surface area contributed by atoms with Crippen molar-refractivity contribution < 1.29 is 14.2 Å². The standard InChI is InChI=1S/C19H27BrO3Si/c1-18(2)22-17(19(23-18)12-7-6-10-16(19)20)11-8-13-21-14-9-15-24(3,4)5/h10,17H,6-7,12-14H2,1-5H3/t17-,19+/m0/s1. The quantitative estimate of drug-likeness (QED) is 0.387. The van der Waals surface area contributed by atoms with E-state index in [0.29, 0.717) is 13.2 Å². The first-order valence-electron chi connectivity index (χ1n) is 8.45. The minimum Gasteiger partial charge on any atom is -0.356 e. The molecule has 1 aliphatic heterocycles. The Balaban J connectivity index is 1.97. The van der Waals surface area contributed by atoms with Crippen LogP contribution in [-0.2, 0) is 14.2 Å². The first-order chi connectivity index (χ1) is 11.1. The molecule has 2 aliphatic rings. The molecule has 0 radical (unpaired) electrons. The van der Waals surface area contributed by atoms with Gasteiger partial charge in [0.15, 0.2) is 11.9 Å². The number of ether oxygens (including phenoxy) is 3. The molecule has 3 nitrogen and oxygen atoms in total. The van der Waals surface area contributed by atoms with Crippen molar-refractivity contribution in [3.63, 3.8) is 0 Å². The highest BCUT2D eigenvalue weighted by Gasteiger charge is 2.54. The lowest BCUT2D eigenvalue weighted by Crippen LogP contribution is -2.41. The molecule has 1 aliphatic carbocycles. The summed E-state index contributed by atoms with van der Waals surface area (Å²) in [5, 5.41) is 0. The van der Waals surface area contributed by atoms with Crippen LogP contribution in [0.3, 0.4) is 0 Å². The van der Waals surface area contributed by atoms with Gasteiger partial charge in [-0.15, -0.1) is 5.54 Å². The van der Waals surface area contributed by atoms with Gasteiger partial charge in [-0.1, -0.05) is 59.4 Å². The molecule has 1 saturated heterocycles. The molecule has 132 valence electrons. The van der Waals surface area contributed by atoms with Crippen LogP contribution in [0.15, 0.2) is 10.6 Å². The van der Waals surface area contributed by atoms with Crippen molar-refractivity contribution in [3.8, 4) is 23.3 Å². The largest absolute Gasteiger partial charge is 0.356 e. The van der Waals surface area contributed by atoms with Crippen LogP contribution in [0.4, 0.5) is 0 Å². The third-order valence-electron chi connectivity index (χ3n) is 3.78. The van der Waals surface area contributed by atoms with Crippen LogP contribution in [-0.4, -0.2) is 38.8 Å². The van der Waals surface area contributed by atoms with Crippen LogP contribution < -0.4 is 0 Å². The van der Waals surface area contributed by atoms with Crippen LogP contribution in [0.2, 0.25) is 19.6 Å². The molecule has 0 amide bonds. The van der Waals surface area contributed by atoms with Crippen molar-refractivity contribution in [1.82, 2.24) is 0 Å². The van der Waals surface area contributed by atoms with Crippen LogP contribution in [0.1, 0.15) is 33.1 Å². The second-order valence-corrected chi connectivity index (χ2v) is 13.3. The average molecular weight is 411 g/mol. The van der Waals surface area contributed by atoms with Gasteiger partial charge in [0.25, 0.3) is 0 Å². The highest BCUT2D eigenvalue weighted by Crippen LogP contribution is 2.48. The maximum absolute atomic E-state index is 6.24. The fourth-order valence-electron chi connectivity index (χ4n) is 2.87. The Labute approximate surface area is 155 Å². The molecule has 1 fully saturated rings. The molecule has 0 aromatic rings. The van der Waals surface area contributed by atoms with Gasteiger partial charge in [0.05, 0.1) is 0 Å². The van der Waals surface area contributed by atoms with E-state index in [2.05, 4.69) is 65.0 Å². The van der Waals surface area contributed by atoms with E-state index in [0.717, 1.165) is 23.7 Å². The SMILES string of the molecule is CC1(C)O[C@@H](C#CCOCC#C[Si](C)(C)C)[C@]2(CCCC=C2Br)O1. The number of hydrogen-bond acceptors (Lipinski definition) is 3. The fraction of sp³-hybridized carbons (Fsp3) is 0.684. The number of hydrogen-bond donors (Lipinski definition) is 0. The molecule has 0 aromatic heterocycles. The Morgan fingerprint density at radius 3 is 2.67 bits per heavy atom. The van der Waals surface area contributed by atoms with E-state index < -0.39 is 19.5 Å². The summed E-state index contributed by atoms with van der Waals surface area (Å²) >= 11 is 3.67. The third-order valence-corrected chi connectivity index (χ3v) is 5.70. The Morgan fingerprint density at radius 2 is 2.00 bits per heavy atom. The van der Waals surface area contributed by atoms with Gasteiger partial charge in [-0.05, 0) is 33.1 Å². The summed E-state index contributed by atoms with van der Waals surface area (Å²) in [6.45, 7) is 11.3. The zero-order valence-electron chi connectivity index (χ0n) is 15.3. The topological polar surface area (TPSA) is 27.7 Å². The van der Waals surface area contributed by atoms with Crippen molar-refractivity contribution in [1.29, 1.82) is 0 Å². The highest BCUT2D eigenvalue weighted by molar-refractivity contribution is 9.11. The van der Waals surface area contributed by atoms with Crippen LogP contribution in [0.5, 0.6) is 0 Å². The second-order valence-electron chi connectivity index (χ2n) is 7.70. The van der Waals surface area contributed by atoms with Gasteiger partial charge < -0.3 is 14.2 Å². The summed E-state index contributed by atoms with van der Waals surface area (Å²) in [4.78, 5) is 0. The third kappa shape index (κ3) is 5.21. The lowest BCUT2D eigenvalue weighted by molar-refractivity contribution is -0.155. The Bertz CT molecular complexity index is 612. The van der Waals surface area contributed by atoms with Gasteiger partial charge >= 0.3 is 0 Å². The van der Waals surface area contributed by atoms with Crippen molar-refractivity contribution >= 4 is 24.0 Å². The monoisotopic (exact) mass is 410 g/mol. The molecule has 24 heavy (non-hydrogen) atoms. The zero-order chi connectivity index (χ0) is 17.8. The number of rotatable bonds is 2. The zero-order valence-corrected chi connectivity index (χ0v) is 17.9. The van der Waals surface area contributed by atoms with Gasteiger partial charge in [0.2, 0.25) is 0 Å². The second kappa shape index (κ2) is 7.77. The maximum atomic E-state index is 6.24. The average Bonchev–Trinajstić information content (AvgIpc) is 2.71. The van der Waals surface area contributed by atoms with E-state index in [1.54, 1.807) is 0 Å². The van der Waals surface area contributed by atoms with Crippen LogP contribution in [0.25, 0.3) is 0 Å². The van der Waals surface area contributed by atoms with Crippen molar-refractivity contribution in [2.75, 3.05) is 13.2 Å². The molecule has 0 bridgehead atoms. The van der Waals surface area contributed by atoms with Crippen molar-refractivity contribution in [2.45, 2.75) is 70.2 Å². The summed E-state index contributed by atoms with van der Waals surface area (Å²) in [5.74, 6) is 8.72. The summed E-state index contributed by atoms with van der Waals surface area (Å²) < 4.78 is 18.8. The molecule has 0 aromatic carbocycles. The molecule has 0 N–H and O–H groups in total. The fourth-order valence-corrected chi connectivity index (χ4v) is 4.19. The summed E-state index contributed by atoms with van der Waals surface area (Å²) in [7, 11) is -1.32. The molecule has 0 saturated carbocycles. The van der Waals surface area contributed by atoms with Gasteiger partial charge in [-0.2, -0.15) is 0 Å². The maximum Gasteiger partial charge on any atom is 0.166 e.